The number of esters is 2. The molecule has 0 heterocycles. The van der Waals surface area contributed by atoms with Crippen molar-refractivity contribution in [1.82, 2.24) is 0 Å². The number of carboxylic acids is 1. The van der Waals surface area contributed by atoms with Crippen molar-refractivity contribution >= 4 is 17.9 Å². The smallest absolute Gasteiger partial charge is 0.306 e. The van der Waals surface area contributed by atoms with E-state index in [4.69, 9.17) is 18.9 Å². The van der Waals surface area contributed by atoms with Crippen LogP contribution < -0.4 is 5.11 Å². The monoisotopic (exact) mass is 1080 g/mol. The zero-order valence-corrected chi connectivity index (χ0v) is 50.6. The summed E-state index contributed by atoms with van der Waals surface area (Å²) in [6.07, 6.45) is 75.0. The Balaban J connectivity index is 4.17. The number of allylic oxidation sites excluding steroid dienone is 14. The molecule has 0 aromatic carbocycles. The highest BCUT2D eigenvalue weighted by Gasteiger charge is 2.22. The third-order valence-corrected chi connectivity index (χ3v) is 13.6. The third kappa shape index (κ3) is 60.0. The standard InChI is InChI=1S/C68H119NO8/c1-6-8-10-12-14-16-18-20-22-24-26-28-29-30-31-32-33-34-35-36-37-39-41-43-45-47-49-51-53-55-57-59-66(71)77-64(63-76-68(67(72)73)74-61-60-69(3,4)5)62-75-65(70)58-56-54-52-50-48-46-44-42-40-38-27-25-23-21-19-17-15-13-11-9-7-2/h8,10,14,16,19-22,25-28,40,42,64,68H,6-7,9,11-13,15,17-18,23-24,29-39,41,43-63H2,1-5H3/b10-8-,16-14-,21-19-,22-20-,27-25-,28-26-,42-40-. The van der Waals surface area contributed by atoms with E-state index in [1.54, 1.807) is 0 Å². The highest BCUT2D eigenvalue weighted by Crippen LogP contribution is 2.17. The topological polar surface area (TPSA) is 111 Å². The van der Waals surface area contributed by atoms with Gasteiger partial charge in [0.25, 0.3) is 0 Å². The molecule has 0 amide bonds. The molecule has 0 radical (unpaired) electrons. The second kappa shape index (κ2) is 58.6. The molecule has 0 fully saturated rings. The predicted molar refractivity (Wildman–Crippen MR) is 324 cm³/mol. The average Bonchev–Trinajstić information content (AvgIpc) is 3.40. The maximum absolute atomic E-state index is 12.9. The molecule has 0 aliphatic carbocycles. The molecule has 0 saturated carbocycles. The van der Waals surface area contributed by atoms with Crippen LogP contribution in [0.25, 0.3) is 0 Å². The number of carbonyl (C=O) groups is 3. The molecule has 444 valence electrons. The second-order valence-electron chi connectivity index (χ2n) is 22.3. The first-order valence-corrected chi connectivity index (χ1v) is 31.7. The molecule has 77 heavy (non-hydrogen) atoms. The lowest BCUT2D eigenvalue weighted by atomic mass is 10.0. The van der Waals surface area contributed by atoms with Gasteiger partial charge in [0, 0.05) is 12.8 Å². The van der Waals surface area contributed by atoms with Crippen LogP contribution in [-0.2, 0) is 33.3 Å². The van der Waals surface area contributed by atoms with Crippen molar-refractivity contribution in [2.75, 3.05) is 47.5 Å². The quantitative estimate of drug-likeness (QED) is 0.0195. The van der Waals surface area contributed by atoms with Crippen LogP contribution in [-0.4, -0.2) is 82.3 Å². The summed E-state index contributed by atoms with van der Waals surface area (Å²) >= 11 is 0. The molecule has 0 aliphatic rings. The number of carbonyl (C=O) groups excluding carboxylic acids is 3. The summed E-state index contributed by atoms with van der Waals surface area (Å²) in [7, 11) is 5.92. The minimum Gasteiger partial charge on any atom is -0.545 e. The Kier molecular flexibility index (Phi) is 55.9. The van der Waals surface area contributed by atoms with E-state index in [9.17, 15) is 19.5 Å². The fraction of sp³-hybridized carbons (Fsp3) is 0.750. The normalized spacial score (nSPS) is 13.3. The molecule has 0 aliphatic heterocycles. The summed E-state index contributed by atoms with van der Waals surface area (Å²) in [6, 6.07) is 0. The van der Waals surface area contributed by atoms with Gasteiger partial charge in [-0.2, -0.15) is 0 Å². The van der Waals surface area contributed by atoms with Gasteiger partial charge in [-0.3, -0.25) is 9.59 Å². The number of quaternary nitrogens is 1. The van der Waals surface area contributed by atoms with Gasteiger partial charge in [0.05, 0.1) is 40.3 Å². The Labute approximate surface area is 474 Å². The van der Waals surface area contributed by atoms with E-state index in [1.807, 2.05) is 21.1 Å². The summed E-state index contributed by atoms with van der Waals surface area (Å²) in [5.74, 6) is -2.29. The number of ether oxygens (including phenoxy) is 4. The largest absolute Gasteiger partial charge is 0.545 e. The van der Waals surface area contributed by atoms with E-state index in [0.717, 1.165) is 83.5 Å². The van der Waals surface area contributed by atoms with E-state index >= 15 is 0 Å². The molecular formula is C68H119NO8. The molecule has 0 spiro atoms. The molecule has 2 atom stereocenters. The Bertz CT molecular complexity index is 1540. The first-order chi connectivity index (χ1) is 37.6. The van der Waals surface area contributed by atoms with Crippen LogP contribution in [0.1, 0.15) is 271 Å². The fourth-order valence-electron chi connectivity index (χ4n) is 8.77. The summed E-state index contributed by atoms with van der Waals surface area (Å²) in [4.78, 5) is 37.4. The molecule has 2 unspecified atom stereocenters. The number of nitrogens with zero attached hydrogens (tertiary/aromatic N) is 1. The van der Waals surface area contributed by atoms with E-state index in [1.165, 1.54) is 154 Å². The van der Waals surface area contributed by atoms with Crippen molar-refractivity contribution in [2.45, 2.75) is 283 Å². The lowest BCUT2D eigenvalue weighted by molar-refractivity contribution is -0.870. The van der Waals surface area contributed by atoms with E-state index in [-0.39, 0.29) is 38.6 Å². The molecule has 0 N–H and O–H groups in total. The number of carboxylic acid groups (broad SMARTS) is 1. The maximum atomic E-state index is 12.9. The van der Waals surface area contributed by atoms with Crippen LogP contribution in [0.15, 0.2) is 85.1 Å². The zero-order chi connectivity index (χ0) is 56.2. The number of aliphatic carboxylic acids is 1. The molecule has 0 bridgehead atoms. The molecular weight excluding hydrogens is 959 g/mol. The molecule has 0 rings (SSSR count). The minimum atomic E-state index is -1.63. The van der Waals surface area contributed by atoms with Crippen LogP contribution in [0, 0.1) is 0 Å². The molecule has 9 nitrogen and oxygen atoms in total. The number of rotatable bonds is 58. The van der Waals surface area contributed by atoms with Gasteiger partial charge in [0.2, 0.25) is 0 Å². The van der Waals surface area contributed by atoms with Gasteiger partial charge in [0.15, 0.2) is 12.4 Å². The average molecular weight is 1080 g/mol. The fourth-order valence-corrected chi connectivity index (χ4v) is 8.77. The van der Waals surface area contributed by atoms with E-state index in [0.29, 0.717) is 17.4 Å². The molecule has 9 heteroatoms. The Hall–Kier alpha value is -3.53. The predicted octanol–water partition coefficient (Wildman–Crippen LogP) is 17.8. The summed E-state index contributed by atoms with van der Waals surface area (Å²) < 4.78 is 22.7. The van der Waals surface area contributed by atoms with E-state index in [2.05, 4.69) is 98.9 Å². The number of unbranched alkanes of at least 4 members (excludes halogenated alkanes) is 29. The SMILES string of the molecule is CC/C=C\C/C=C\C/C=C\C/C=C\CCCCCCCCCCCCCCCCCCCCC(=O)OC(COC(=O)CCCCCCCC/C=C\C/C=C\C/C=C\CCCCCCC)COC(OCC[N+](C)(C)C)C(=O)[O-]. The lowest BCUT2D eigenvalue weighted by Crippen LogP contribution is -2.44. The summed E-state index contributed by atoms with van der Waals surface area (Å²) in [6.45, 7) is 4.63. The van der Waals surface area contributed by atoms with Crippen molar-refractivity contribution in [3.63, 3.8) is 0 Å². The van der Waals surface area contributed by atoms with Crippen molar-refractivity contribution in [3.8, 4) is 0 Å². The van der Waals surface area contributed by atoms with Crippen molar-refractivity contribution in [1.29, 1.82) is 0 Å². The first kappa shape index (κ1) is 73.5. The lowest BCUT2D eigenvalue weighted by Gasteiger charge is -2.26. The van der Waals surface area contributed by atoms with Crippen LogP contribution >= 0.6 is 0 Å². The summed E-state index contributed by atoms with van der Waals surface area (Å²) in [5.41, 5.74) is 0. The van der Waals surface area contributed by atoms with Crippen LogP contribution in [0.4, 0.5) is 0 Å². The van der Waals surface area contributed by atoms with Crippen LogP contribution in [0.3, 0.4) is 0 Å². The molecule has 0 aromatic heterocycles. The van der Waals surface area contributed by atoms with Gasteiger partial charge >= 0.3 is 11.9 Å². The molecule has 0 aromatic rings. The number of likely N-dealkylation sites (N-methyl/N-ethyl adjacent to an activating group) is 1. The number of hydrogen-bond acceptors (Lipinski definition) is 8. The highest BCUT2D eigenvalue weighted by molar-refractivity contribution is 5.70. The minimum absolute atomic E-state index is 0.143. The van der Waals surface area contributed by atoms with Gasteiger partial charge < -0.3 is 33.3 Å². The Morgan fingerprint density at radius 1 is 0.403 bits per heavy atom. The van der Waals surface area contributed by atoms with Gasteiger partial charge in [-0.05, 0) is 89.9 Å². The molecule has 0 saturated heterocycles. The van der Waals surface area contributed by atoms with Gasteiger partial charge in [0.1, 0.15) is 13.2 Å². The van der Waals surface area contributed by atoms with Crippen molar-refractivity contribution < 1.29 is 42.9 Å². The van der Waals surface area contributed by atoms with Gasteiger partial charge in [-0.25, -0.2) is 0 Å². The van der Waals surface area contributed by atoms with Crippen LogP contribution in [0.2, 0.25) is 0 Å². The van der Waals surface area contributed by atoms with Crippen molar-refractivity contribution in [3.05, 3.63) is 85.1 Å². The first-order valence-electron chi connectivity index (χ1n) is 31.7. The second-order valence-corrected chi connectivity index (χ2v) is 22.3. The van der Waals surface area contributed by atoms with Crippen molar-refractivity contribution in [2.24, 2.45) is 0 Å². The maximum Gasteiger partial charge on any atom is 0.306 e. The van der Waals surface area contributed by atoms with Gasteiger partial charge in [-0.1, -0.05) is 253 Å². The highest BCUT2D eigenvalue weighted by atomic mass is 16.7. The zero-order valence-electron chi connectivity index (χ0n) is 50.6. The Morgan fingerprint density at radius 3 is 1.10 bits per heavy atom. The third-order valence-electron chi connectivity index (χ3n) is 13.6. The summed E-state index contributed by atoms with van der Waals surface area (Å²) in [5, 5.41) is 11.8. The van der Waals surface area contributed by atoms with E-state index < -0.39 is 24.3 Å². The number of hydrogen-bond donors (Lipinski definition) is 0. The Morgan fingerprint density at radius 2 is 0.740 bits per heavy atom. The van der Waals surface area contributed by atoms with Gasteiger partial charge in [-0.15, -0.1) is 0 Å². The van der Waals surface area contributed by atoms with Crippen LogP contribution in [0.5, 0.6) is 0 Å².